The van der Waals surface area contributed by atoms with Gasteiger partial charge in [-0.15, -0.1) is 0 Å². The lowest BCUT2D eigenvalue weighted by molar-refractivity contribution is -0.113. The quantitative estimate of drug-likeness (QED) is 0.276. The van der Waals surface area contributed by atoms with Crippen LogP contribution >= 0.6 is 23.1 Å². The molecule has 1 aromatic heterocycles. The second-order valence-electron chi connectivity index (χ2n) is 10.2. The molecule has 6 nitrogen and oxygen atoms in total. The zero-order valence-corrected chi connectivity index (χ0v) is 24.6. The van der Waals surface area contributed by atoms with Crippen LogP contribution in [0.5, 0.6) is 0 Å². The van der Waals surface area contributed by atoms with E-state index >= 15 is 0 Å². The first-order valence-corrected chi connectivity index (χ1v) is 15.2. The van der Waals surface area contributed by atoms with Crippen molar-refractivity contribution < 1.29 is 4.79 Å². The second kappa shape index (κ2) is 10.6. The number of aromatic nitrogens is 1. The van der Waals surface area contributed by atoms with Crippen LogP contribution in [0.2, 0.25) is 0 Å². The van der Waals surface area contributed by atoms with E-state index in [0.717, 1.165) is 21.7 Å². The van der Waals surface area contributed by atoms with Crippen molar-refractivity contribution in [2.75, 3.05) is 17.3 Å². The molecule has 0 unspecified atom stereocenters. The highest BCUT2D eigenvalue weighted by Gasteiger charge is 2.32. The lowest BCUT2D eigenvalue weighted by atomic mass is 9.95. The van der Waals surface area contributed by atoms with Gasteiger partial charge in [0.1, 0.15) is 0 Å². The Labute approximate surface area is 251 Å². The van der Waals surface area contributed by atoms with Crippen LogP contribution in [0.25, 0.3) is 6.08 Å². The highest BCUT2D eigenvalue weighted by atomic mass is 32.2. The molecule has 7 rings (SSSR count). The first-order chi connectivity index (χ1) is 20.5. The SMILES string of the molecule is CC1=C(C(=O)Nc2ccccc2)[C@@H](c2ccccc2)n2c(s/c(=C/c3ccc4c(c3)Sc3ccccc3N4C)c2=O)=N1. The normalized spacial score (nSPS) is 15.9. The van der Waals surface area contributed by atoms with Gasteiger partial charge in [-0.05, 0) is 60.5 Å². The summed E-state index contributed by atoms with van der Waals surface area (Å²) in [5.74, 6) is -0.276. The second-order valence-corrected chi connectivity index (χ2v) is 12.3. The maximum atomic E-state index is 14.1. The first kappa shape index (κ1) is 26.3. The van der Waals surface area contributed by atoms with Crippen molar-refractivity contribution in [2.24, 2.45) is 4.99 Å². The highest BCUT2D eigenvalue weighted by Crippen LogP contribution is 2.47. The van der Waals surface area contributed by atoms with Crippen LogP contribution in [-0.2, 0) is 4.79 Å². The fourth-order valence-electron chi connectivity index (χ4n) is 5.48. The number of carbonyl (C=O) groups excluding carboxylic acids is 1. The van der Waals surface area contributed by atoms with E-state index in [-0.39, 0.29) is 11.5 Å². The third-order valence-electron chi connectivity index (χ3n) is 7.50. The van der Waals surface area contributed by atoms with Gasteiger partial charge >= 0.3 is 0 Å². The van der Waals surface area contributed by atoms with Crippen molar-refractivity contribution in [1.29, 1.82) is 0 Å². The van der Waals surface area contributed by atoms with E-state index in [1.165, 1.54) is 21.9 Å². The summed E-state index contributed by atoms with van der Waals surface area (Å²) in [6.07, 6.45) is 1.93. The molecule has 0 spiro atoms. The molecule has 4 aromatic carbocycles. The largest absolute Gasteiger partial charge is 0.343 e. The Balaban J connectivity index is 1.32. The Bertz CT molecular complexity index is 2060. The van der Waals surface area contributed by atoms with Gasteiger partial charge in [-0.25, -0.2) is 4.99 Å². The van der Waals surface area contributed by atoms with Crippen molar-refractivity contribution in [3.8, 4) is 0 Å². The minimum absolute atomic E-state index is 0.169. The minimum atomic E-state index is -0.599. The van der Waals surface area contributed by atoms with Gasteiger partial charge in [0.2, 0.25) is 0 Å². The molecule has 0 saturated carbocycles. The lowest BCUT2D eigenvalue weighted by Crippen LogP contribution is -2.40. The number of hydrogen-bond donors (Lipinski definition) is 1. The summed E-state index contributed by atoms with van der Waals surface area (Å²) in [5, 5.41) is 3.00. The van der Waals surface area contributed by atoms with Gasteiger partial charge < -0.3 is 10.2 Å². The predicted octanol–water partition coefficient (Wildman–Crippen LogP) is 6.11. The molecule has 0 aliphatic carbocycles. The third-order valence-corrected chi connectivity index (χ3v) is 9.60. The molecule has 2 aliphatic heterocycles. The zero-order valence-electron chi connectivity index (χ0n) is 22.9. The topological polar surface area (TPSA) is 66.7 Å². The number of para-hydroxylation sites is 2. The van der Waals surface area contributed by atoms with Gasteiger partial charge in [0.25, 0.3) is 11.5 Å². The van der Waals surface area contributed by atoms with E-state index in [4.69, 9.17) is 4.99 Å². The Morgan fingerprint density at radius 1 is 0.881 bits per heavy atom. The molecule has 206 valence electrons. The number of benzene rings is 4. The fraction of sp³-hybridized carbons (Fsp3) is 0.0882. The average molecular weight is 587 g/mol. The summed E-state index contributed by atoms with van der Waals surface area (Å²) < 4.78 is 2.23. The molecule has 0 radical (unpaired) electrons. The molecule has 3 heterocycles. The van der Waals surface area contributed by atoms with E-state index in [1.54, 1.807) is 16.3 Å². The lowest BCUT2D eigenvalue weighted by Gasteiger charge is -2.29. The Morgan fingerprint density at radius 2 is 1.57 bits per heavy atom. The Hall–Kier alpha value is -4.66. The summed E-state index contributed by atoms with van der Waals surface area (Å²) >= 11 is 3.08. The van der Waals surface area contributed by atoms with Gasteiger partial charge in [-0.3, -0.25) is 14.2 Å². The monoisotopic (exact) mass is 586 g/mol. The number of anilines is 3. The number of allylic oxidation sites excluding steroid dienone is 1. The molecule has 1 amide bonds. The van der Waals surface area contributed by atoms with E-state index in [2.05, 4.69) is 53.7 Å². The van der Waals surface area contributed by atoms with E-state index in [9.17, 15) is 9.59 Å². The molecule has 0 bridgehead atoms. The van der Waals surface area contributed by atoms with E-state index in [1.807, 2.05) is 79.7 Å². The molecule has 42 heavy (non-hydrogen) atoms. The van der Waals surface area contributed by atoms with Crippen LogP contribution in [0.1, 0.15) is 24.1 Å². The van der Waals surface area contributed by atoms with Crippen LogP contribution in [0, 0.1) is 0 Å². The van der Waals surface area contributed by atoms with Crippen molar-refractivity contribution >= 4 is 52.1 Å². The van der Waals surface area contributed by atoms with Gasteiger partial charge in [0.15, 0.2) is 4.80 Å². The van der Waals surface area contributed by atoms with Crippen LogP contribution in [0.4, 0.5) is 17.1 Å². The van der Waals surface area contributed by atoms with Crippen LogP contribution in [-0.4, -0.2) is 17.5 Å². The Kier molecular flexibility index (Phi) is 6.64. The number of carbonyl (C=O) groups is 1. The van der Waals surface area contributed by atoms with E-state index in [0.29, 0.717) is 26.3 Å². The third kappa shape index (κ3) is 4.58. The smallest absolute Gasteiger partial charge is 0.271 e. The summed E-state index contributed by atoms with van der Waals surface area (Å²) in [5.41, 5.74) is 5.67. The van der Waals surface area contributed by atoms with Crippen molar-refractivity contribution in [3.63, 3.8) is 0 Å². The molecule has 2 aliphatic rings. The molecular formula is C34H26N4O2S2. The van der Waals surface area contributed by atoms with Crippen molar-refractivity contribution in [2.45, 2.75) is 22.8 Å². The first-order valence-electron chi connectivity index (χ1n) is 13.6. The van der Waals surface area contributed by atoms with Crippen LogP contribution < -0.4 is 25.1 Å². The number of thiazole rings is 1. The standard InChI is InChI=1S/C34H26N4O2S2/c1-21-30(32(39)36-24-13-7-4-8-14-24)31(23-11-5-3-6-12-23)38-33(40)29(42-34(38)35-21)20-22-17-18-26-28(19-22)41-27-16-10-9-15-25(27)37(26)2/h3-20,31H,1-2H3,(H,36,39)/b29-20+/t31-/m1/s1. The minimum Gasteiger partial charge on any atom is -0.343 e. The summed E-state index contributed by atoms with van der Waals surface area (Å²) in [6.45, 7) is 1.84. The maximum Gasteiger partial charge on any atom is 0.271 e. The predicted molar refractivity (Wildman–Crippen MR) is 170 cm³/mol. The van der Waals surface area contributed by atoms with Crippen LogP contribution in [0.15, 0.2) is 134 Å². The Morgan fingerprint density at radius 3 is 2.36 bits per heavy atom. The maximum absolute atomic E-state index is 14.1. The summed E-state index contributed by atoms with van der Waals surface area (Å²) in [4.78, 5) is 37.6. The number of nitrogens with zero attached hydrogens (tertiary/aromatic N) is 3. The molecule has 5 aromatic rings. The van der Waals surface area contributed by atoms with Gasteiger partial charge in [-0.2, -0.15) is 0 Å². The molecule has 0 saturated heterocycles. The molecule has 1 atom stereocenters. The van der Waals surface area contributed by atoms with Crippen molar-refractivity contribution in [1.82, 2.24) is 4.57 Å². The zero-order chi connectivity index (χ0) is 28.8. The molecule has 0 fully saturated rings. The number of amides is 1. The summed E-state index contributed by atoms with van der Waals surface area (Å²) in [6, 6.07) is 33.0. The number of fused-ring (bicyclic) bond motifs is 3. The highest BCUT2D eigenvalue weighted by molar-refractivity contribution is 7.99. The average Bonchev–Trinajstić information content (AvgIpc) is 3.31. The summed E-state index contributed by atoms with van der Waals surface area (Å²) in [7, 11) is 2.08. The van der Waals surface area contributed by atoms with E-state index < -0.39 is 6.04 Å². The fourth-order valence-corrected chi connectivity index (χ4v) is 7.73. The number of rotatable bonds is 4. The van der Waals surface area contributed by atoms with Gasteiger partial charge in [0.05, 0.1) is 33.2 Å². The van der Waals surface area contributed by atoms with Crippen molar-refractivity contribution in [3.05, 3.63) is 145 Å². The number of nitrogens with one attached hydrogen (secondary N) is 1. The molecule has 8 heteroatoms. The van der Waals surface area contributed by atoms with Gasteiger partial charge in [0, 0.05) is 22.5 Å². The van der Waals surface area contributed by atoms with Crippen LogP contribution in [0.3, 0.4) is 0 Å². The molecule has 1 N–H and O–H groups in total. The number of hydrogen-bond acceptors (Lipinski definition) is 6. The molecular weight excluding hydrogens is 561 g/mol. The van der Waals surface area contributed by atoms with Gasteiger partial charge in [-0.1, -0.05) is 89.8 Å².